The number of hydrogen-bond acceptors (Lipinski definition) is 2. The lowest BCUT2D eigenvalue weighted by atomic mass is 9.97. The Morgan fingerprint density at radius 3 is 2.30 bits per heavy atom. The van der Waals surface area contributed by atoms with Gasteiger partial charge >= 0.3 is 0 Å². The fourth-order valence-electron chi connectivity index (χ4n) is 2.68. The fraction of sp³-hybridized carbons (Fsp3) is 0.588. The molecule has 1 N–H and O–H groups in total. The fourth-order valence-corrected chi connectivity index (χ4v) is 2.68. The van der Waals surface area contributed by atoms with Crippen LogP contribution in [0.2, 0.25) is 0 Å². The Labute approximate surface area is 122 Å². The first-order chi connectivity index (χ1) is 9.51. The first-order valence-corrected chi connectivity index (χ1v) is 7.52. The van der Waals surface area contributed by atoms with Gasteiger partial charge in [0, 0.05) is 13.1 Å². The zero-order valence-electron chi connectivity index (χ0n) is 12.8. The number of hydrogen-bond donors (Lipinski definition) is 1. The first kappa shape index (κ1) is 15.0. The molecule has 0 aromatic heterocycles. The van der Waals surface area contributed by atoms with Crippen molar-refractivity contribution in [3.8, 4) is 0 Å². The zero-order valence-corrected chi connectivity index (χ0v) is 12.8. The molecule has 3 nitrogen and oxygen atoms in total. The van der Waals surface area contributed by atoms with E-state index in [1.54, 1.807) is 0 Å². The summed E-state index contributed by atoms with van der Waals surface area (Å²) in [4.78, 5) is 7.27. The number of rotatable bonds is 3. The SMILES string of the molecule is CC(C)(C)N=C(C(CO)c1ccccc1)N1CCCC1. The van der Waals surface area contributed by atoms with E-state index in [4.69, 9.17) is 4.99 Å². The van der Waals surface area contributed by atoms with Gasteiger partial charge in [-0.25, -0.2) is 0 Å². The minimum absolute atomic E-state index is 0.0199. The van der Waals surface area contributed by atoms with Gasteiger partial charge in [-0.05, 0) is 39.2 Å². The highest BCUT2D eigenvalue weighted by atomic mass is 16.3. The third kappa shape index (κ3) is 3.83. The van der Waals surface area contributed by atoms with E-state index in [-0.39, 0.29) is 18.1 Å². The molecule has 1 heterocycles. The lowest BCUT2D eigenvalue weighted by molar-refractivity contribution is 0.280. The van der Waals surface area contributed by atoms with Gasteiger partial charge in [-0.1, -0.05) is 30.3 Å². The van der Waals surface area contributed by atoms with Crippen LogP contribution in [0, 0.1) is 0 Å². The second kappa shape index (κ2) is 6.40. The zero-order chi connectivity index (χ0) is 14.6. The van der Waals surface area contributed by atoms with E-state index in [1.165, 1.54) is 12.8 Å². The largest absolute Gasteiger partial charge is 0.395 e. The second-order valence-corrected chi connectivity index (χ2v) is 6.48. The Hall–Kier alpha value is -1.35. The van der Waals surface area contributed by atoms with Gasteiger partial charge in [0.25, 0.3) is 0 Å². The van der Waals surface area contributed by atoms with Crippen LogP contribution in [0.3, 0.4) is 0 Å². The van der Waals surface area contributed by atoms with Gasteiger partial charge in [-0.2, -0.15) is 0 Å². The van der Waals surface area contributed by atoms with Crippen LogP contribution in [0.5, 0.6) is 0 Å². The predicted molar refractivity (Wildman–Crippen MR) is 84.3 cm³/mol. The summed E-state index contributed by atoms with van der Waals surface area (Å²) in [5, 5.41) is 9.90. The highest BCUT2D eigenvalue weighted by Crippen LogP contribution is 2.24. The van der Waals surface area contributed by atoms with Crippen molar-refractivity contribution in [2.75, 3.05) is 19.7 Å². The number of aliphatic hydroxyl groups excluding tert-OH is 1. The Morgan fingerprint density at radius 1 is 1.20 bits per heavy atom. The monoisotopic (exact) mass is 274 g/mol. The maximum Gasteiger partial charge on any atom is 0.109 e. The lowest BCUT2D eigenvalue weighted by Gasteiger charge is -2.29. The summed E-state index contributed by atoms with van der Waals surface area (Å²) < 4.78 is 0. The Morgan fingerprint density at radius 2 is 1.80 bits per heavy atom. The molecule has 0 spiro atoms. The maximum atomic E-state index is 9.90. The third-order valence-electron chi connectivity index (χ3n) is 3.58. The van der Waals surface area contributed by atoms with Crippen molar-refractivity contribution in [2.45, 2.75) is 45.1 Å². The minimum Gasteiger partial charge on any atom is -0.395 e. The van der Waals surface area contributed by atoms with E-state index in [9.17, 15) is 5.11 Å². The van der Waals surface area contributed by atoms with Crippen LogP contribution in [-0.2, 0) is 0 Å². The molecule has 0 saturated carbocycles. The predicted octanol–water partition coefficient (Wildman–Crippen LogP) is 3.06. The third-order valence-corrected chi connectivity index (χ3v) is 3.58. The molecule has 0 bridgehead atoms. The van der Waals surface area contributed by atoms with Gasteiger partial charge in [0.1, 0.15) is 5.84 Å². The number of benzene rings is 1. The summed E-state index contributed by atoms with van der Waals surface area (Å²) >= 11 is 0. The molecule has 1 aromatic carbocycles. The maximum absolute atomic E-state index is 9.90. The average molecular weight is 274 g/mol. The molecule has 1 atom stereocenters. The summed E-state index contributed by atoms with van der Waals surface area (Å²) in [5.41, 5.74) is 1.02. The number of aliphatic hydroxyl groups is 1. The lowest BCUT2D eigenvalue weighted by Crippen LogP contribution is -2.36. The topological polar surface area (TPSA) is 35.8 Å². The molecule has 0 amide bonds. The molecule has 2 rings (SSSR count). The van der Waals surface area contributed by atoms with Gasteiger partial charge in [-0.3, -0.25) is 4.99 Å². The normalized spacial score (nSPS) is 18.4. The van der Waals surface area contributed by atoms with Crippen LogP contribution in [-0.4, -0.2) is 41.1 Å². The van der Waals surface area contributed by atoms with Crippen molar-refractivity contribution in [3.63, 3.8) is 0 Å². The first-order valence-electron chi connectivity index (χ1n) is 7.52. The number of aliphatic imine (C=N–C) groups is 1. The standard InChI is InChI=1S/C17H26N2O/c1-17(2,3)18-16(19-11-7-8-12-19)15(13-20)14-9-5-4-6-10-14/h4-6,9-10,15,20H,7-8,11-13H2,1-3H3. The van der Waals surface area contributed by atoms with Crippen molar-refractivity contribution in [2.24, 2.45) is 4.99 Å². The van der Waals surface area contributed by atoms with Crippen molar-refractivity contribution < 1.29 is 5.11 Å². The number of nitrogens with zero attached hydrogens (tertiary/aromatic N) is 2. The quantitative estimate of drug-likeness (QED) is 0.679. The van der Waals surface area contributed by atoms with Gasteiger partial charge in [0.05, 0.1) is 18.1 Å². The van der Waals surface area contributed by atoms with Crippen LogP contribution in [0.15, 0.2) is 35.3 Å². The van der Waals surface area contributed by atoms with Crippen LogP contribution in [0.4, 0.5) is 0 Å². The molecule has 110 valence electrons. The smallest absolute Gasteiger partial charge is 0.109 e. The summed E-state index contributed by atoms with van der Waals surface area (Å²) in [6.07, 6.45) is 2.44. The molecule has 0 aliphatic carbocycles. The van der Waals surface area contributed by atoms with Gasteiger partial charge in [0.15, 0.2) is 0 Å². The molecule has 1 saturated heterocycles. The van der Waals surface area contributed by atoms with E-state index in [1.807, 2.05) is 18.2 Å². The van der Waals surface area contributed by atoms with Gasteiger partial charge in [-0.15, -0.1) is 0 Å². The molecule has 0 radical (unpaired) electrons. The van der Waals surface area contributed by atoms with E-state index in [2.05, 4.69) is 37.8 Å². The Balaban J connectivity index is 2.36. The summed E-state index contributed by atoms with van der Waals surface area (Å²) in [5.74, 6) is 1.03. The Kier molecular flexibility index (Phi) is 4.81. The Bertz CT molecular complexity index is 442. The molecule has 3 heteroatoms. The van der Waals surface area contributed by atoms with Crippen molar-refractivity contribution in [1.29, 1.82) is 0 Å². The van der Waals surface area contributed by atoms with E-state index < -0.39 is 0 Å². The number of likely N-dealkylation sites (tertiary alicyclic amines) is 1. The number of amidine groups is 1. The van der Waals surface area contributed by atoms with E-state index in [0.29, 0.717) is 0 Å². The summed E-state index contributed by atoms with van der Waals surface area (Å²) in [6.45, 7) is 8.55. The average Bonchev–Trinajstić information content (AvgIpc) is 2.92. The summed E-state index contributed by atoms with van der Waals surface area (Å²) in [6, 6.07) is 10.2. The van der Waals surface area contributed by atoms with Crippen LogP contribution in [0.1, 0.15) is 45.1 Å². The molecular weight excluding hydrogens is 248 g/mol. The van der Waals surface area contributed by atoms with E-state index >= 15 is 0 Å². The summed E-state index contributed by atoms with van der Waals surface area (Å²) in [7, 11) is 0. The van der Waals surface area contributed by atoms with Crippen LogP contribution in [0.25, 0.3) is 0 Å². The minimum atomic E-state index is -0.125. The highest BCUT2D eigenvalue weighted by molar-refractivity contribution is 5.89. The molecule has 1 fully saturated rings. The molecule has 1 aromatic rings. The second-order valence-electron chi connectivity index (χ2n) is 6.48. The van der Waals surface area contributed by atoms with Gasteiger partial charge in [0.2, 0.25) is 0 Å². The van der Waals surface area contributed by atoms with Crippen molar-refractivity contribution in [1.82, 2.24) is 4.90 Å². The van der Waals surface area contributed by atoms with Crippen LogP contribution >= 0.6 is 0 Å². The van der Waals surface area contributed by atoms with Crippen molar-refractivity contribution in [3.05, 3.63) is 35.9 Å². The van der Waals surface area contributed by atoms with Crippen LogP contribution < -0.4 is 0 Å². The molecule has 1 unspecified atom stereocenters. The van der Waals surface area contributed by atoms with Gasteiger partial charge < -0.3 is 10.0 Å². The van der Waals surface area contributed by atoms with E-state index in [0.717, 1.165) is 24.5 Å². The highest BCUT2D eigenvalue weighted by Gasteiger charge is 2.27. The molecule has 1 aliphatic rings. The molecule has 1 aliphatic heterocycles. The van der Waals surface area contributed by atoms with Crippen molar-refractivity contribution >= 4 is 5.84 Å². The molecule has 20 heavy (non-hydrogen) atoms. The molecular formula is C17H26N2O.